The molecule has 0 unspecified atom stereocenters. The lowest BCUT2D eigenvalue weighted by Gasteiger charge is -2.18. The molecular weight excluding hydrogens is 458 g/mol. The van der Waals surface area contributed by atoms with Crippen LogP contribution in [0.4, 0.5) is 5.82 Å². The SMILES string of the molecule is CC[C@H](Sc1nc2sc3c(c2c(=O)n1CCCN(C)C)CCCC3)C(=O)Nc1cc(C)on1. The summed E-state index contributed by atoms with van der Waals surface area (Å²) in [5.74, 6) is 0.860. The number of aryl methyl sites for hydroxylation is 3. The van der Waals surface area contributed by atoms with Crippen LogP contribution in [0.25, 0.3) is 10.2 Å². The summed E-state index contributed by atoms with van der Waals surface area (Å²) in [4.78, 5) is 35.8. The molecule has 1 aliphatic rings. The van der Waals surface area contributed by atoms with E-state index >= 15 is 0 Å². The minimum atomic E-state index is -0.402. The Balaban J connectivity index is 1.67. The predicted molar refractivity (Wildman–Crippen MR) is 133 cm³/mol. The molecule has 0 aromatic carbocycles. The van der Waals surface area contributed by atoms with Crippen molar-refractivity contribution >= 4 is 45.0 Å². The van der Waals surface area contributed by atoms with E-state index in [4.69, 9.17) is 9.51 Å². The normalized spacial score (nSPS) is 14.6. The summed E-state index contributed by atoms with van der Waals surface area (Å²) in [7, 11) is 4.05. The number of thioether (sulfide) groups is 1. The second-order valence-electron chi connectivity index (χ2n) is 8.73. The molecule has 0 radical (unpaired) electrons. The molecule has 33 heavy (non-hydrogen) atoms. The molecular formula is C23H31N5O3S2. The number of hydrogen-bond acceptors (Lipinski definition) is 8. The Kier molecular flexibility index (Phi) is 7.55. The first-order chi connectivity index (χ1) is 15.9. The Morgan fingerprint density at radius 1 is 1.36 bits per heavy atom. The third-order valence-corrected chi connectivity index (χ3v) is 8.36. The van der Waals surface area contributed by atoms with E-state index in [1.54, 1.807) is 28.9 Å². The Hall–Kier alpha value is -2.17. The van der Waals surface area contributed by atoms with Crippen LogP contribution in [0.5, 0.6) is 0 Å². The van der Waals surface area contributed by atoms with Crippen LogP contribution in [0.3, 0.4) is 0 Å². The Morgan fingerprint density at radius 2 is 2.15 bits per heavy atom. The van der Waals surface area contributed by atoms with Crippen molar-refractivity contribution in [2.75, 3.05) is 26.0 Å². The Morgan fingerprint density at radius 3 is 2.85 bits per heavy atom. The zero-order valence-corrected chi connectivity index (χ0v) is 21.3. The van der Waals surface area contributed by atoms with Crippen molar-refractivity contribution in [3.05, 3.63) is 32.6 Å². The number of aromatic nitrogens is 3. The fraction of sp³-hybridized carbons (Fsp3) is 0.565. The van der Waals surface area contributed by atoms with E-state index in [0.717, 1.165) is 48.9 Å². The number of fused-ring (bicyclic) bond motifs is 3. The third-order valence-electron chi connectivity index (χ3n) is 5.82. The molecule has 0 bridgehead atoms. The third kappa shape index (κ3) is 5.33. The number of nitrogens with zero attached hydrogens (tertiary/aromatic N) is 4. The zero-order chi connectivity index (χ0) is 23.5. The molecule has 8 nitrogen and oxygen atoms in total. The van der Waals surface area contributed by atoms with Gasteiger partial charge in [-0.2, -0.15) is 0 Å². The predicted octanol–water partition coefficient (Wildman–Crippen LogP) is 4.09. The minimum Gasteiger partial charge on any atom is -0.360 e. The molecule has 0 spiro atoms. The molecule has 1 aliphatic carbocycles. The topological polar surface area (TPSA) is 93.3 Å². The van der Waals surface area contributed by atoms with E-state index < -0.39 is 5.25 Å². The van der Waals surface area contributed by atoms with Gasteiger partial charge in [0.15, 0.2) is 11.0 Å². The van der Waals surface area contributed by atoms with Crippen LogP contribution < -0.4 is 10.9 Å². The van der Waals surface area contributed by atoms with Crippen molar-refractivity contribution in [2.24, 2.45) is 0 Å². The number of nitrogens with one attached hydrogen (secondary N) is 1. The maximum atomic E-state index is 13.7. The fourth-order valence-electron chi connectivity index (χ4n) is 4.13. The molecule has 0 fully saturated rings. The molecule has 10 heteroatoms. The highest BCUT2D eigenvalue weighted by molar-refractivity contribution is 8.00. The first kappa shape index (κ1) is 24.0. The molecule has 0 saturated heterocycles. The van der Waals surface area contributed by atoms with Crippen molar-refractivity contribution in [1.82, 2.24) is 19.6 Å². The van der Waals surface area contributed by atoms with E-state index in [1.165, 1.54) is 22.2 Å². The Bertz CT molecular complexity index is 1200. The highest BCUT2D eigenvalue weighted by Gasteiger charge is 2.26. The van der Waals surface area contributed by atoms with Crippen molar-refractivity contribution in [1.29, 1.82) is 0 Å². The summed E-state index contributed by atoms with van der Waals surface area (Å²) in [5.41, 5.74) is 1.23. The van der Waals surface area contributed by atoms with Crippen LogP contribution in [0.15, 0.2) is 20.5 Å². The van der Waals surface area contributed by atoms with Crippen molar-refractivity contribution in [2.45, 2.75) is 69.3 Å². The van der Waals surface area contributed by atoms with Gasteiger partial charge >= 0.3 is 0 Å². The lowest BCUT2D eigenvalue weighted by molar-refractivity contribution is -0.115. The first-order valence-corrected chi connectivity index (χ1v) is 13.2. The van der Waals surface area contributed by atoms with E-state index in [-0.39, 0.29) is 11.5 Å². The number of carbonyl (C=O) groups is 1. The van der Waals surface area contributed by atoms with Crippen LogP contribution in [-0.2, 0) is 24.2 Å². The van der Waals surface area contributed by atoms with Crippen molar-refractivity contribution < 1.29 is 9.32 Å². The lowest BCUT2D eigenvalue weighted by atomic mass is 9.97. The van der Waals surface area contributed by atoms with Gasteiger partial charge in [0.05, 0.1) is 10.6 Å². The molecule has 0 saturated carbocycles. The van der Waals surface area contributed by atoms with Crippen molar-refractivity contribution in [3.8, 4) is 0 Å². The number of rotatable bonds is 9. The number of thiophene rings is 1. The van der Waals surface area contributed by atoms with Crippen LogP contribution in [0.2, 0.25) is 0 Å². The van der Waals surface area contributed by atoms with E-state index in [2.05, 4.69) is 15.4 Å². The minimum absolute atomic E-state index is 0.0306. The molecule has 4 rings (SSSR count). The van der Waals surface area contributed by atoms with Crippen molar-refractivity contribution in [3.63, 3.8) is 0 Å². The number of carbonyl (C=O) groups excluding carboxylic acids is 1. The molecule has 3 aromatic rings. The van der Waals surface area contributed by atoms with Gasteiger partial charge in [-0.05, 0) is 71.7 Å². The fourth-order valence-corrected chi connectivity index (χ4v) is 6.48. The summed E-state index contributed by atoms with van der Waals surface area (Å²) >= 11 is 3.00. The number of amides is 1. The van der Waals surface area contributed by atoms with Crippen LogP contribution in [-0.4, -0.2) is 51.4 Å². The maximum Gasteiger partial charge on any atom is 0.263 e. The summed E-state index contributed by atoms with van der Waals surface area (Å²) in [6.07, 6.45) is 5.69. The van der Waals surface area contributed by atoms with Crippen LogP contribution >= 0.6 is 23.1 Å². The summed E-state index contributed by atoms with van der Waals surface area (Å²) in [6, 6.07) is 1.69. The highest BCUT2D eigenvalue weighted by Crippen LogP contribution is 2.35. The maximum absolute atomic E-state index is 13.7. The van der Waals surface area contributed by atoms with Crippen LogP contribution in [0.1, 0.15) is 48.8 Å². The molecule has 0 aliphatic heterocycles. The Labute approximate surface area is 201 Å². The first-order valence-electron chi connectivity index (χ1n) is 11.5. The average Bonchev–Trinajstić information content (AvgIpc) is 3.36. The van der Waals surface area contributed by atoms with Gasteiger partial charge in [0.2, 0.25) is 5.91 Å². The average molecular weight is 490 g/mol. The van der Waals surface area contributed by atoms with E-state index in [9.17, 15) is 9.59 Å². The van der Waals surface area contributed by atoms with Gasteiger partial charge in [0, 0.05) is 17.5 Å². The smallest absolute Gasteiger partial charge is 0.263 e. The second kappa shape index (κ2) is 10.4. The molecule has 1 amide bonds. The molecule has 1 N–H and O–H groups in total. The van der Waals surface area contributed by atoms with Gasteiger partial charge in [-0.15, -0.1) is 11.3 Å². The summed E-state index contributed by atoms with van der Waals surface area (Å²) < 4.78 is 6.84. The zero-order valence-electron chi connectivity index (χ0n) is 19.6. The summed E-state index contributed by atoms with van der Waals surface area (Å²) in [6.45, 7) is 5.19. The van der Waals surface area contributed by atoms with E-state index in [1.807, 2.05) is 21.0 Å². The van der Waals surface area contributed by atoms with Gasteiger partial charge in [-0.1, -0.05) is 23.8 Å². The van der Waals surface area contributed by atoms with Gasteiger partial charge in [-0.3, -0.25) is 14.2 Å². The standard InChI is InChI=1S/C23H31N5O3S2/c1-5-16(20(29)24-18-13-14(2)31-26-18)33-23-25-21-19(15-9-6-7-10-17(15)32-21)22(30)28(23)12-8-11-27(3)4/h13,16H,5-12H2,1-4H3,(H,24,26,29)/t16-/m0/s1. The molecule has 178 valence electrons. The molecule has 1 atom stereocenters. The van der Waals surface area contributed by atoms with Gasteiger partial charge in [-0.25, -0.2) is 4.98 Å². The quantitative estimate of drug-likeness (QED) is 0.357. The lowest BCUT2D eigenvalue weighted by Crippen LogP contribution is -2.29. The monoisotopic (exact) mass is 489 g/mol. The highest BCUT2D eigenvalue weighted by atomic mass is 32.2. The summed E-state index contributed by atoms with van der Waals surface area (Å²) in [5, 5.41) is 7.68. The second-order valence-corrected chi connectivity index (χ2v) is 11.0. The number of anilines is 1. The van der Waals surface area contributed by atoms with Gasteiger partial charge < -0.3 is 14.7 Å². The van der Waals surface area contributed by atoms with Crippen LogP contribution in [0, 0.1) is 6.92 Å². The number of hydrogen-bond donors (Lipinski definition) is 1. The molecule has 3 aromatic heterocycles. The largest absolute Gasteiger partial charge is 0.360 e. The van der Waals surface area contributed by atoms with Gasteiger partial charge in [0.25, 0.3) is 5.56 Å². The van der Waals surface area contributed by atoms with E-state index in [0.29, 0.717) is 29.7 Å². The van der Waals surface area contributed by atoms with Gasteiger partial charge in [0.1, 0.15) is 10.6 Å². The molecule has 3 heterocycles.